The molecule has 1 aromatic carbocycles. The summed E-state index contributed by atoms with van der Waals surface area (Å²) < 4.78 is 39.7. The Morgan fingerprint density at radius 2 is 1.85 bits per heavy atom. The van der Waals surface area contributed by atoms with Crippen molar-refractivity contribution >= 4 is 29.1 Å². The van der Waals surface area contributed by atoms with Crippen LogP contribution in [0, 0.1) is 0 Å². The first-order valence-electron chi connectivity index (χ1n) is 10.9. The van der Waals surface area contributed by atoms with Gasteiger partial charge in [0.2, 0.25) is 5.28 Å². The predicted octanol–water partition coefficient (Wildman–Crippen LogP) is 4.15. The zero-order valence-electron chi connectivity index (χ0n) is 18.9. The number of amides is 2. The van der Waals surface area contributed by atoms with E-state index in [-0.39, 0.29) is 35.6 Å². The lowest BCUT2D eigenvalue weighted by Gasteiger charge is -2.38. The smallest absolute Gasteiger partial charge is 0.399 e. The fourth-order valence-electron chi connectivity index (χ4n) is 4.27. The summed E-state index contributed by atoms with van der Waals surface area (Å²) in [6.07, 6.45) is -3.08. The number of piperidine rings is 1. The van der Waals surface area contributed by atoms with Crippen LogP contribution < -0.4 is 16.8 Å². The number of hydrogen-bond acceptors (Lipinski definition) is 6. The van der Waals surface area contributed by atoms with E-state index in [1.54, 1.807) is 16.7 Å². The number of anilines is 2. The van der Waals surface area contributed by atoms with Crippen LogP contribution in [-0.4, -0.2) is 44.4 Å². The Hall–Kier alpha value is -2.79. The van der Waals surface area contributed by atoms with E-state index in [0.717, 1.165) is 25.0 Å². The fraction of sp³-hybridized carbons (Fsp3) is 0.500. The maximum absolute atomic E-state index is 13.2. The van der Waals surface area contributed by atoms with Gasteiger partial charge < -0.3 is 26.6 Å². The second-order valence-corrected chi connectivity index (χ2v) is 9.64. The summed E-state index contributed by atoms with van der Waals surface area (Å²) in [4.78, 5) is 25.0. The summed E-state index contributed by atoms with van der Waals surface area (Å²) in [6, 6.07) is 2.75. The quantitative estimate of drug-likeness (QED) is 0.433. The van der Waals surface area contributed by atoms with Crippen LogP contribution in [0.15, 0.2) is 18.2 Å². The van der Waals surface area contributed by atoms with Crippen LogP contribution in [0.3, 0.4) is 0 Å². The number of alkyl halides is 3. The van der Waals surface area contributed by atoms with Gasteiger partial charge in [-0.3, -0.25) is 0 Å². The average molecular weight is 498 g/mol. The van der Waals surface area contributed by atoms with E-state index < -0.39 is 17.8 Å². The number of rotatable bonds is 3. The molecule has 184 valence electrons. The van der Waals surface area contributed by atoms with Crippen LogP contribution >= 0.6 is 11.6 Å². The Labute approximate surface area is 200 Å². The first-order chi connectivity index (χ1) is 15.8. The number of nitrogens with two attached hydrogens (primary N) is 2. The highest BCUT2D eigenvalue weighted by Crippen LogP contribution is 2.35. The van der Waals surface area contributed by atoms with Gasteiger partial charge in [0.05, 0.1) is 30.4 Å². The predicted molar refractivity (Wildman–Crippen MR) is 123 cm³/mol. The molecule has 12 heteroatoms. The molecule has 5 N–H and O–H groups in total. The molecule has 0 unspecified atom stereocenters. The molecule has 8 nitrogen and oxygen atoms in total. The molecule has 0 spiro atoms. The zero-order valence-corrected chi connectivity index (χ0v) is 19.7. The van der Waals surface area contributed by atoms with Crippen LogP contribution in [0.5, 0.6) is 0 Å². The second kappa shape index (κ2) is 8.77. The minimum absolute atomic E-state index is 0.0105. The molecule has 1 saturated heterocycles. The Kier molecular flexibility index (Phi) is 6.28. The van der Waals surface area contributed by atoms with Gasteiger partial charge in [-0.1, -0.05) is 0 Å². The number of benzene rings is 1. The van der Waals surface area contributed by atoms with Crippen LogP contribution in [0.2, 0.25) is 5.28 Å². The van der Waals surface area contributed by atoms with E-state index in [9.17, 15) is 18.0 Å². The first kappa shape index (κ1) is 24.3. The van der Waals surface area contributed by atoms with Gasteiger partial charge in [0.1, 0.15) is 5.82 Å². The molecule has 1 fully saturated rings. The number of nitrogen functional groups attached to an aromatic ring is 1. The summed E-state index contributed by atoms with van der Waals surface area (Å²) >= 11 is 6.12. The maximum atomic E-state index is 13.2. The number of carbonyl (C=O) groups is 1. The van der Waals surface area contributed by atoms with Gasteiger partial charge in [-0.25, -0.2) is 14.8 Å². The maximum Gasteiger partial charge on any atom is 0.416 e. The number of nitrogens with one attached hydrogen (secondary N) is 1. The number of halogens is 4. The van der Waals surface area contributed by atoms with E-state index in [1.807, 2.05) is 6.92 Å². The monoisotopic (exact) mass is 497 g/mol. The molecule has 3 heterocycles. The SMILES string of the molecule is C[C@@H](Nc1nc(Cl)nc2c1CN(C(=O)N1CCC(C)(N)CC1)C2)c1cc(N)cc(C(F)(F)F)c1. The van der Waals surface area contributed by atoms with Crippen molar-refractivity contribution in [3.63, 3.8) is 0 Å². The molecular weight excluding hydrogens is 471 g/mol. The normalized spacial score (nSPS) is 18.6. The van der Waals surface area contributed by atoms with Crippen molar-refractivity contribution in [2.75, 3.05) is 24.1 Å². The van der Waals surface area contributed by atoms with Crippen molar-refractivity contribution in [2.24, 2.45) is 5.73 Å². The van der Waals surface area contributed by atoms with E-state index in [0.29, 0.717) is 35.7 Å². The van der Waals surface area contributed by atoms with E-state index in [2.05, 4.69) is 15.3 Å². The van der Waals surface area contributed by atoms with Gasteiger partial charge in [-0.05, 0) is 62.1 Å². The standard InChI is InChI=1S/C22H27ClF3N7O/c1-12(13-7-14(22(24,25)26)9-15(27)8-13)29-18-16-10-33(11-17(16)30-19(23)31-18)20(34)32-5-3-21(2,28)4-6-32/h7-9,12H,3-6,10-11,27-28H2,1-2H3,(H,29,30,31)/t12-/m1/s1. The molecule has 4 rings (SSSR count). The highest BCUT2D eigenvalue weighted by molar-refractivity contribution is 6.28. The molecule has 2 aromatic rings. The number of urea groups is 1. The molecule has 0 saturated carbocycles. The van der Waals surface area contributed by atoms with Gasteiger partial charge in [0.15, 0.2) is 0 Å². The van der Waals surface area contributed by atoms with Gasteiger partial charge in [-0.15, -0.1) is 0 Å². The van der Waals surface area contributed by atoms with Crippen LogP contribution in [0.1, 0.15) is 55.1 Å². The molecule has 2 aliphatic rings. The summed E-state index contributed by atoms with van der Waals surface area (Å²) in [7, 11) is 0. The average Bonchev–Trinajstić information content (AvgIpc) is 3.16. The Balaban J connectivity index is 1.53. The molecule has 0 aliphatic carbocycles. The highest BCUT2D eigenvalue weighted by Gasteiger charge is 2.35. The van der Waals surface area contributed by atoms with Crippen molar-refractivity contribution in [1.29, 1.82) is 0 Å². The van der Waals surface area contributed by atoms with Crippen molar-refractivity contribution in [3.05, 3.63) is 45.9 Å². The van der Waals surface area contributed by atoms with Crippen molar-refractivity contribution < 1.29 is 18.0 Å². The van der Waals surface area contributed by atoms with Gasteiger partial charge in [-0.2, -0.15) is 13.2 Å². The summed E-state index contributed by atoms with van der Waals surface area (Å²) in [6.45, 7) is 5.37. The van der Waals surface area contributed by atoms with E-state index >= 15 is 0 Å². The Morgan fingerprint density at radius 1 is 1.18 bits per heavy atom. The summed E-state index contributed by atoms with van der Waals surface area (Å²) in [5.41, 5.74) is 12.4. The Morgan fingerprint density at radius 3 is 2.50 bits per heavy atom. The van der Waals surface area contributed by atoms with Crippen LogP contribution in [0.25, 0.3) is 0 Å². The van der Waals surface area contributed by atoms with Crippen molar-refractivity contribution in [1.82, 2.24) is 19.8 Å². The number of carbonyl (C=O) groups excluding carboxylic acids is 1. The zero-order chi connectivity index (χ0) is 24.8. The molecule has 2 amide bonds. The lowest BCUT2D eigenvalue weighted by molar-refractivity contribution is -0.137. The summed E-state index contributed by atoms with van der Waals surface area (Å²) in [5, 5.41) is 3.12. The van der Waals surface area contributed by atoms with E-state index in [1.165, 1.54) is 6.07 Å². The molecule has 0 radical (unpaired) electrons. The van der Waals surface area contributed by atoms with Gasteiger partial charge >= 0.3 is 12.2 Å². The molecule has 0 bridgehead atoms. The van der Waals surface area contributed by atoms with Gasteiger partial charge in [0, 0.05) is 29.9 Å². The van der Waals surface area contributed by atoms with Crippen LogP contribution in [0.4, 0.5) is 29.5 Å². The molecule has 1 atom stereocenters. The molecule has 34 heavy (non-hydrogen) atoms. The largest absolute Gasteiger partial charge is 0.416 e. The Bertz CT molecular complexity index is 1100. The van der Waals surface area contributed by atoms with Crippen molar-refractivity contribution in [2.45, 2.75) is 57.5 Å². The van der Waals surface area contributed by atoms with E-state index in [4.69, 9.17) is 23.1 Å². The number of likely N-dealkylation sites (tertiary alicyclic amines) is 1. The van der Waals surface area contributed by atoms with Gasteiger partial charge in [0.25, 0.3) is 0 Å². The minimum atomic E-state index is -4.51. The topological polar surface area (TPSA) is 113 Å². The fourth-order valence-corrected chi connectivity index (χ4v) is 4.45. The lowest BCUT2D eigenvalue weighted by atomic mass is 9.91. The summed E-state index contributed by atoms with van der Waals surface area (Å²) in [5.74, 6) is 0.377. The minimum Gasteiger partial charge on any atom is -0.399 e. The number of nitrogens with zero attached hydrogens (tertiary/aromatic N) is 4. The highest BCUT2D eigenvalue weighted by atomic mass is 35.5. The third-order valence-electron chi connectivity index (χ3n) is 6.36. The number of hydrogen-bond donors (Lipinski definition) is 3. The first-order valence-corrected chi connectivity index (χ1v) is 11.3. The lowest BCUT2D eigenvalue weighted by Crippen LogP contribution is -2.52. The molecule has 1 aromatic heterocycles. The third-order valence-corrected chi connectivity index (χ3v) is 6.53. The van der Waals surface area contributed by atoms with Crippen molar-refractivity contribution in [3.8, 4) is 0 Å². The third kappa shape index (κ3) is 5.15. The number of fused-ring (bicyclic) bond motifs is 1. The molecular formula is C22H27ClF3N7O. The second-order valence-electron chi connectivity index (χ2n) is 9.30. The van der Waals surface area contributed by atoms with Crippen LogP contribution in [-0.2, 0) is 19.3 Å². The molecule has 2 aliphatic heterocycles. The number of aromatic nitrogens is 2.